The molecule has 2 N–H and O–H groups in total. The Kier molecular flexibility index (Phi) is 6.95. The topological polar surface area (TPSA) is 156 Å². The van der Waals surface area contributed by atoms with Crippen LogP contribution in [-0.4, -0.2) is 91.8 Å². The Bertz CT molecular complexity index is 905. The van der Waals surface area contributed by atoms with Crippen LogP contribution in [0.2, 0.25) is 0 Å². The number of carbonyl (C=O) groups excluding carboxylic acids is 6. The number of aliphatic hydroxyl groups is 2. The lowest BCUT2D eigenvalue weighted by atomic mass is 10.1. The molecule has 8 amide bonds. The highest BCUT2D eigenvalue weighted by molar-refractivity contribution is 6.14. The summed E-state index contributed by atoms with van der Waals surface area (Å²) < 4.78 is 0. The van der Waals surface area contributed by atoms with Crippen LogP contribution in [0.3, 0.4) is 0 Å². The van der Waals surface area contributed by atoms with Gasteiger partial charge in [0.2, 0.25) is 23.6 Å². The summed E-state index contributed by atoms with van der Waals surface area (Å²) in [6.07, 6.45) is -0.978. The van der Waals surface area contributed by atoms with Gasteiger partial charge in [-0.05, 0) is 11.1 Å². The molecule has 3 rings (SSSR count). The third-order valence-electron chi connectivity index (χ3n) is 5.05. The van der Waals surface area contributed by atoms with E-state index in [4.69, 9.17) is 10.2 Å². The van der Waals surface area contributed by atoms with Crippen LogP contribution in [0, 0.1) is 0 Å². The molecule has 0 unspecified atom stereocenters. The predicted molar refractivity (Wildman–Crippen MR) is 105 cm³/mol. The molecule has 0 saturated carbocycles. The van der Waals surface area contributed by atoms with Gasteiger partial charge in [-0.2, -0.15) is 0 Å². The second-order valence-corrected chi connectivity index (χ2v) is 7.24. The number of barbiturate groups is 2. The second-order valence-electron chi connectivity index (χ2n) is 7.24. The minimum Gasteiger partial charge on any atom is -0.395 e. The fraction of sp³-hybridized carbons (Fsp3) is 0.400. The van der Waals surface area contributed by atoms with Gasteiger partial charge in [0.1, 0.15) is 12.8 Å². The van der Waals surface area contributed by atoms with Gasteiger partial charge in [0.15, 0.2) is 0 Å². The lowest BCUT2D eigenvalue weighted by molar-refractivity contribution is -0.144. The van der Waals surface area contributed by atoms with Crippen LogP contribution in [0.1, 0.15) is 24.0 Å². The van der Waals surface area contributed by atoms with Gasteiger partial charge >= 0.3 is 12.1 Å². The normalized spacial score (nSPS) is 17.7. The number of amides is 8. The molecule has 2 heterocycles. The molecule has 2 fully saturated rings. The summed E-state index contributed by atoms with van der Waals surface area (Å²) in [5.74, 6) is -2.69. The van der Waals surface area contributed by atoms with E-state index in [1.165, 1.54) is 0 Å². The van der Waals surface area contributed by atoms with E-state index < -0.39 is 61.7 Å². The average molecular weight is 446 g/mol. The number of aliphatic hydroxyl groups excluding tert-OH is 2. The van der Waals surface area contributed by atoms with E-state index in [0.717, 1.165) is 19.6 Å². The average Bonchev–Trinajstić information content (AvgIpc) is 2.75. The highest BCUT2D eigenvalue weighted by Crippen LogP contribution is 2.19. The first kappa shape index (κ1) is 23.0. The fourth-order valence-electron chi connectivity index (χ4n) is 3.50. The summed E-state index contributed by atoms with van der Waals surface area (Å²) >= 11 is 0. The van der Waals surface area contributed by atoms with Crippen LogP contribution in [0.4, 0.5) is 9.59 Å². The Morgan fingerprint density at radius 1 is 0.625 bits per heavy atom. The molecule has 0 bridgehead atoms. The maximum Gasteiger partial charge on any atom is 0.333 e. The van der Waals surface area contributed by atoms with E-state index in [1.807, 2.05) is 0 Å². The lowest BCUT2D eigenvalue weighted by Crippen LogP contribution is -2.55. The Balaban J connectivity index is 1.75. The number of urea groups is 2. The van der Waals surface area contributed by atoms with Crippen LogP contribution in [-0.2, 0) is 32.3 Å². The Hall–Kier alpha value is -3.64. The quantitative estimate of drug-likeness (QED) is 0.483. The van der Waals surface area contributed by atoms with E-state index in [1.54, 1.807) is 24.3 Å². The number of imide groups is 4. The Morgan fingerprint density at radius 3 is 1.38 bits per heavy atom. The van der Waals surface area contributed by atoms with Gasteiger partial charge in [-0.3, -0.25) is 38.8 Å². The van der Waals surface area contributed by atoms with Gasteiger partial charge in [-0.15, -0.1) is 0 Å². The van der Waals surface area contributed by atoms with Crippen molar-refractivity contribution in [2.45, 2.75) is 25.9 Å². The maximum absolute atomic E-state index is 12.5. The lowest BCUT2D eigenvalue weighted by Gasteiger charge is -2.33. The molecule has 0 aliphatic carbocycles. The predicted octanol–water partition coefficient (Wildman–Crippen LogP) is -0.967. The molecule has 1 aromatic rings. The third kappa shape index (κ3) is 4.65. The van der Waals surface area contributed by atoms with Gasteiger partial charge < -0.3 is 10.2 Å². The molecule has 0 aromatic heterocycles. The molecule has 2 aliphatic rings. The van der Waals surface area contributed by atoms with Gasteiger partial charge in [-0.1, -0.05) is 24.3 Å². The molecule has 0 spiro atoms. The molecule has 12 nitrogen and oxygen atoms in total. The summed E-state index contributed by atoms with van der Waals surface area (Å²) in [6.45, 7) is -1.58. The van der Waals surface area contributed by atoms with Crippen molar-refractivity contribution in [3.63, 3.8) is 0 Å². The number of carbonyl (C=O) groups is 6. The van der Waals surface area contributed by atoms with E-state index in [0.29, 0.717) is 11.1 Å². The summed E-state index contributed by atoms with van der Waals surface area (Å²) in [5.41, 5.74) is 1.03. The molecule has 1 aromatic carbocycles. The van der Waals surface area contributed by atoms with Crippen LogP contribution in [0.15, 0.2) is 24.3 Å². The van der Waals surface area contributed by atoms with Crippen LogP contribution in [0.25, 0.3) is 0 Å². The fourth-order valence-corrected chi connectivity index (χ4v) is 3.50. The zero-order valence-electron chi connectivity index (χ0n) is 17.1. The molecular weight excluding hydrogens is 424 g/mol. The zero-order chi connectivity index (χ0) is 23.4. The molecule has 2 aliphatic heterocycles. The molecule has 12 heteroatoms. The molecule has 170 valence electrons. The van der Waals surface area contributed by atoms with Crippen molar-refractivity contribution in [1.82, 2.24) is 19.6 Å². The van der Waals surface area contributed by atoms with Crippen molar-refractivity contribution < 1.29 is 39.0 Å². The van der Waals surface area contributed by atoms with Gasteiger partial charge in [0.05, 0.1) is 39.4 Å². The zero-order valence-corrected chi connectivity index (χ0v) is 17.1. The first-order valence-electron chi connectivity index (χ1n) is 9.85. The first-order valence-corrected chi connectivity index (χ1v) is 9.85. The monoisotopic (exact) mass is 446 g/mol. The minimum atomic E-state index is -0.828. The van der Waals surface area contributed by atoms with Crippen molar-refractivity contribution in [2.75, 3.05) is 26.3 Å². The maximum atomic E-state index is 12.5. The van der Waals surface area contributed by atoms with Crippen molar-refractivity contribution in [3.8, 4) is 0 Å². The van der Waals surface area contributed by atoms with Crippen molar-refractivity contribution >= 4 is 35.7 Å². The van der Waals surface area contributed by atoms with Crippen molar-refractivity contribution in [1.29, 1.82) is 0 Å². The Labute approximate surface area is 182 Å². The number of nitrogens with zero attached hydrogens (tertiary/aromatic N) is 4. The van der Waals surface area contributed by atoms with E-state index in [-0.39, 0.29) is 26.2 Å². The largest absolute Gasteiger partial charge is 0.395 e. The first-order chi connectivity index (χ1) is 15.3. The SMILES string of the molecule is O=C1CC(=O)N(Cc2cccc(CN3C(=O)CC(=O)N(CCO)C3=O)c2)C(=O)N1CCO. The van der Waals surface area contributed by atoms with E-state index in [2.05, 4.69) is 0 Å². The summed E-state index contributed by atoms with van der Waals surface area (Å²) in [6, 6.07) is 4.84. The number of hydrogen-bond donors (Lipinski definition) is 2. The van der Waals surface area contributed by atoms with Gasteiger partial charge in [-0.25, -0.2) is 9.59 Å². The standard InChI is InChI=1S/C20H22N4O8/c25-6-4-21-15(27)9-17(29)23(19(21)31)11-13-2-1-3-14(8-13)12-24-18(30)10-16(28)22(5-7-26)20(24)32/h1-3,8,25-26H,4-7,9-12H2. The van der Waals surface area contributed by atoms with Crippen molar-refractivity contribution in [3.05, 3.63) is 35.4 Å². The smallest absolute Gasteiger partial charge is 0.333 e. The number of benzene rings is 1. The van der Waals surface area contributed by atoms with E-state index in [9.17, 15) is 28.8 Å². The van der Waals surface area contributed by atoms with Crippen molar-refractivity contribution in [2.24, 2.45) is 0 Å². The molecular formula is C20H22N4O8. The summed E-state index contributed by atoms with van der Waals surface area (Å²) in [4.78, 5) is 76.6. The molecule has 32 heavy (non-hydrogen) atoms. The molecule has 0 atom stereocenters. The minimum absolute atomic E-state index is 0.141. The molecule has 0 radical (unpaired) electrons. The summed E-state index contributed by atoms with van der Waals surface area (Å²) in [7, 11) is 0. The summed E-state index contributed by atoms with van der Waals surface area (Å²) in [5, 5.41) is 18.1. The number of β-amino-alcohol motifs (C(OH)–C–C–N with tert-alkyl or cyclic N) is 2. The second kappa shape index (κ2) is 9.66. The highest BCUT2D eigenvalue weighted by Gasteiger charge is 2.38. The molecule has 2 saturated heterocycles. The number of hydrogen-bond acceptors (Lipinski definition) is 8. The van der Waals surface area contributed by atoms with Crippen LogP contribution >= 0.6 is 0 Å². The Morgan fingerprint density at radius 2 is 1.00 bits per heavy atom. The number of rotatable bonds is 8. The van der Waals surface area contributed by atoms with Gasteiger partial charge in [0.25, 0.3) is 0 Å². The van der Waals surface area contributed by atoms with Gasteiger partial charge in [0, 0.05) is 0 Å². The van der Waals surface area contributed by atoms with Crippen LogP contribution < -0.4 is 0 Å². The van der Waals surface area contributed by atoms with Crippen LogP contribution in [0.5, 0.6) is 0 Å². The van der Waals surface area contributed by atoms with E-state index >= 15 is 0 Å². The third-order valence-corrected chi connectivity index (χ3v) is 5.05. The highest BCUT2D eigenvalue weighted by atomic mass is 16.3.